The van der Waals surface area contributed by atoms with Gasteiger partial charge in [-0.25, -0.2) is 4.98 Å². The molecule has 0 radical (unpaired) electrons. The third-order valence-corrected chi connectivity index (χ3v) is 4.54. The van der Waals surface area contributed by atoms with Gasteiger partial charge in [0, 0.05) is 31.8 Å². The highest BCUT2D eigenvalue weighted by Gasteiger charge is 2.15. The van der Waals surface area contributed by atoms with Gasteiger partial charge in [0.1, 0.15) is 5.82 Å². The van der Waals surface area contributed by atoms with Gasteiger partial charge in [0.2, 0.25) is 0 Å². The van der Waals surface area contributed by atoms with Crippen LogP contribution >= 0.6 is 0 Å². The zero-order valence-electron chi connectivity index (χ0n) is 14.6. The van der Waals surface area contributed by atoms with Crippen molar-refractivity contribution in [2.75, 3.05) is 12.4 Å². The Bertz CT molecular complexity index is 822. The molecule has 126 valence electrons. The predicted octanol–water partition coefficient (Wildman–Crippen LogP) is 3.52. The number of aryl methyl sites for hydroxylation is 2. The van der Waals surface area contributed by atoms with Crippen molar-refractivity contribution in [1.29, 1.82) is 0 Å². The fourth-order valence-corrected chi connectivity index (χ4v) is 3.14. The van der Waals surface area contributed by atoms with Crippen LogP contribution in [0.15, 0.2) is 42.5 Å². The molecule has 1 unspecified atom stereocenters. The van der Waals surface area contributed by atoms with Crippen molar-refractivity contribution >= 4 is 16.7 Å². The number of rotatable bonds is 6. The lowest BCUT2D eigenvalue weighted by Crippen LogP contribution is -2.04. The standard InChI is InChI=1S/C20H25N3O/c1-14(24)9-10-16-17(21-2)11-12-18-20(16)22-19(23(18)3)13-15-7-5-4-6-8-15/h4-8,11-12,14,21,24H,9-10,13H2,1-3H3. The van der Waals surface area contributed by atoms with Gasteiger partial charge in [0.05, 0.1) is 17.1 Å². The molecule has 0 saturated heterocycles. The summed E-state index contributed by atoms with van der Waals surface area (Å²) in [7, 11) is 4.01. The maximum absolute atomic E-state index is 9.66. The molecule has 4 nitrogen and oxygen atoms in total. The number of aliphatic hydroxyl groups is 1. The van der Waals surface area contributed by atoms with Crippen LogP contribution in [0.4, 0.5) is 5.69 Å². The first-order valence-corrected chi connectivity index (χ1v) is 8.47. The van der Waals surface area contributed by atoms with Crippen LogP contribution in [0.2, 0.25) is 0 Å². The molecule has 0 saturated carbocycles. The molecule has 2 N–H and O–H groups in total. The number of aliphatic hydroxyl groups excluding tert-OH is 1. The zero-order chi connectivity index (χ0) is 17.1. The molecule has 1 aromatic heterocycles. The van der Waals surface area contributed by atoms with E-state index in [1.807, 2.05) is 20.0 Å². The Morgan fingerprint density at radius 1 is 1.17 bits per heavy atom. The van der Waals surface area contributed by atoms with Crippen LogP contribution in [0.3, 0.4) is 0 Å². The van der Waals surface area contributed by atoms with Gasteiger partial charge in [-0.1, -0.05) is 30.3 Å². The fraction of sp³-hybridized carbons (Fsp3) is 0.350. The van der Waals surface area contributed by atoms with Gasteiger partial charge in [-0.2, -0.15) is 0 Å². The minimum atomic E-state index is -0.308. The van der Waals surface area contributed by atoms with Gasteiger partial charge in [0.15, 0.2) is 0 Å². The molecule has 2 aromatic carbocycles. The van der Waals surface area contributed by atoms with E-state index in [9.17, 15) is 5.11 Å². The number of benzene rings is 2. The van der Waals surface area contributed by atoms with Gasteiger partial charge in [-0.3, -0.25) is 0 Å². The highest BCUT2D eigenvalue weighted by atomic mass is 16.3. The SMILES string of the molecule is CNc1ccc2c(nc(Cc3ccccc3)n2C)c1CCC(C)O. The lowest BCUT2D eigenvalue weighted by molar-refractivity contribution is 0.185. The number of hydrogen-bond donors (Lipinski definition) is 2. The van der Waals surface area contributed by atoms with Crippen LogP contribution in [0, 0.1) is 0 Å². The van der Waals surface area contributed by atoms with E-state index in [1.165, 1.54) is 11.1 Å². The Balaban J connectivity index is 2.04. The third-order valence-electron chi connectivity index (χ3n) is 4.54. The Morgan fingerprint density at radius 3 is 2.58 bits per heavy atom. The lowest BCUT2D eigenvalue weighted by Gasteiger charge is -2.11. The van der Waals surface area contributed by atoms with Crippen molar-refractivity contribution in [2.24, 2.45) is 7.05 Å². The van der Waals surface area contributed by atoms with Crippen LogP contribution < -0.4 is 5.32 Å². The maximum Gasteiger partial charge on any atom is 0.114 e. The van der Waals surface area contributed by atoms with Crippen LogP contribution in [-0.2, 0) is 19.9 Å². The van der Waals surface area contributed by atoms with Crippen molar-refractivity contribution in [3.8, 4) is 0 Å². The van der Waals surface area contributed by atoms with Crippen LogP contribution in [0.25, 0.3) is 11.0 Å². The summed E-state index contributed by atoms with van der Waals surface area (Å²) in [6.45, 7) is 1.83. The fourth-order valence-electron chi connectivity index (χ4n) is 3.14. The number of hydrogen-bond acceptors (Lipinski definition) is 3. The average molecular weight is 323 g/mol. The van der Waals surface area contributed by atoms with Crippen molar-refractivity contribution in [1.82, 2.24) is 9.55 Å². The molecular formula is C20H25N3O. The average Bonchev–Trinajstić information content (AvgIpc) is 2.89. The Hall–Kier alpha value is -2.33. The van der Waals surface area contributed by atoms with Crippen LogP contribution in [0.1, 0.15) is 30.3 Å². The molecule has 3 aromatic rings. The van der Waals surface area contributed by atoms with E-state index in [4.69, 9.17) is 4.98 Å². The van der Waals surface area contributed by atoms with E-state index in [1.54, 1.807) is 0 Å². The summed E-state index contributed by atoms with van der Waals surface area (Å²) in [5, 5.41) is 12.9. The van der Waals surface area contributed by atoms with Gasteiger partial charge >= 0.3 is 0 Å². The summed E-state index contributed by atoms with van der Waals surface area (Å²) < 4.78 is 2.17. The molecule has 0 spiro atoms. The summed E-state index contributed by atoms with van der Waals surface area (Å²) in [6.07, 6.45) is 2.06. The molecule has 0 aliphatic carbocycles. The second-order valence-corrected chi connectivity index (χ2v) is 6.35. The number of fused-ring (bicyclic) bond motifs is 1. The highest BCUT2D eigenvalue weighted by molar-refractivity contribution is 5.85. The second kappa shape index (κ2) is 7.05. The Morgan fingerprint density at radius 2 is 1.92 bits per heavy atom. The van der Waals surface area contributed by atoms with E-state index < -0.39 is 0 Å². The molecule has 0 fully saturated rings. The lowest BCUT2D eigenvalue weighted by atomic mass is 10.0. The predicted molar refractivity (Wildman–Crippen MR) is 99.5 cm³/mol. The molecule has 4 heteroatoms. The summed E-state index contributed by atoms with van der Waals surface area (Å²) in [5.74, 6) is 1.06. The highest BCUT2D eigenvalue weighted by Crippen LogP contribution is 2.28. The van der Waals surface area contributed by atoms with E-state index >= 15 is 0 Å². The van der Waals surface area contributed by atoms with Gasteiger partial charge in [0.25, 0.3) is 0 Å². The minimum absolute atomic E-state index is 0.308. The molecule has 0 bridgehead atoms. The monoisotopic (exact) mass is 323 g/mol. The summed E-state index contributed by atoms with van der Waals surface area (Å²) in [5.41, 5.74) is 5.71. The Kier molecular flexibility index (Phi) is 4.86. The molecule has 1 heterocycles. The summed E-state index contributed by atoms with van der Waals surface area (Å²) in [4.78, 5) is 4.94. The first-order chi connectivity index (χ1) is 11.6. The zero-order valence-corrected chi connectivity index (χ0v) is 14.6. The molecule has 24 heavy (non-hydrogen) atoms. The number of anilines is 1. The summed E-state index contributed by atoms with van der Waals surface area (Å²) in [6, 6.07) is 14.6. The Labute approximate surface area is 143 Å². The second-order valence-electron chi connectivity index (χ2n) is 6.35. The minimum Gasteiger partial charge on any atom is -0.393 e. The van der Waals surface area contributed by atoms with E-state index in [0.717, 1.165) is 41.8 Å². The number of nitrogens with zero attached hydrogens (tertiary/aromatic N) is 2. The third kappa shape index (κ3) is 3.29. The molecule has 1 atom stereocenters. The van der Waals surface area contributed by atoms with Crippen molar-refractivity contribution < 1.29 is 5.11 Å². The first-order valence-electron chi connectivity index (χ1n) is 8.47. The van der Waals surface area contributed by atoms with Gasteiger partial charge in [-0.05, 0) is 37.5 Å². The normalized spacial score (nSPS) is 12.5. The molecule has 0 aliphatic heterocycles. The maximum atomic E-state index is 9.66. The number of imidazole rings is 1. The first kappa shape index (κ1) is 16.5. The van der Waals surface area contributed by atoms with Crippen molar-refractivity contribution in [3.63, 3.8) is 0 Å². The van der Waals surface area contributed by atoms with Crippen LogP contribution in [-0.4, -0.2) is 27.8 Å². The van der Waals surface area contributed by atoms with E-state index in [0.29, 0.717) is 0 Å². The molecule has 0 amide bonds. The number of nitrogens with one attached hydrogen (secondary N) is 1. The molecule has 0 aliphatic rings. The van der Waals surface area contributed by atoms with Crippen molar-refractivity contribution in [3.05, 3.63) is 59.4 Å². The summed E-state index contributed by atoms with van der Waals surface area (Å²) >= 11 is 0. The van der Waals surface area contributed by atoms with Crippen LogP contribution in [0.5, 0.6) is 0 Å². The molecule has 3 rings (SSSR count). The largest absolute Gasteiger partial charge is 0.393 e. The quantitative estimate of drug-likeness (QED) is 0.730. The number of aromatic nitrogens is 2. The van der Waals surface area contributed by atoms with Crippen molar-refractivity contribution in [2.45, 2.75) is 32.3 Å². The van der Waals surface area contributed by atoms with Gasteiger partial charge in [-0.15, -0.1) is 0 Å². The molecular weight excluding hydrogens is 298 g/mol. The van der Waals surface area contributed by atoms with E-state index in [-0.39, 0.29) is 6.10 Å². The van der Waals surface area contributed by atoms with Gasteiger partial charge < -0.3 is 15.0 Å². The van der Waals surface area contributed by atoms with E-state index in [2.05, 4.69) is 53.3 Å². The topological polar surface area (TPSA) is 50.1 Å². The smallest absolute Gasteiger partial charge is 0.114 e.